The highest BCUT2D eigenvalue weighted by molar-refractivity contribution is 5.73. The molecule has 0 aliphatic carbocycles. The van der Waals surface area contributed by atoms with E-state index in [9.17, 15) is 29.1 Å². The van der Waals surface area contributed by atoms with E-state index in [1.54, 1.807) is 71.8 Å². The second-order valence-corrected chi connectivity index (χ2v) is 16.7. The van der Waals surface area contributed by atoms with Crippen LogP contribution in [0.4, 0.5) is 0 Å². The molecule has 0 aromatic rings. The van der Waals surface area contributed by atoms with Gasteiger partial charge in [-0.05, 0) is 66.1 Å². The van der Waals surface area contributed by atoms with Gasteiger partial charge in [-0.25, -0.2) is 0 Å². The molecule has 0 amide bonds. The van der Waals surface area contributed by atoms with E-state index in [0.717, 1.165) is 6.29 Å². The molecule has 0 saturated carbocycles. The van der Waals surface area contributed by atoms with E-state index in [2.05, 4.69) is 0 Å². The third-order valence-electron chi connectivity index (χ3n) is 11.6. The summed E-state index contributed by atoms with van der Waals surface area (Å²) < 4.78 is 61.0. The van der Waals surface area contributed by atoms with Crippen molar-refractivity contribution < 1.29 is 76.4 Å². The molecule has 2 unspecified atom stereocenters. The van der Waals surface area contributed by atoms with Gasteiger partial charge >= 0.3 is 23.9 Å². The van der Waals surface area contributed by atoms with E-state index in [4.69, 9.17) is 47.4 Å². The maximum absolute atomic E-state index is 13.4. The van der Waals surface area contributed by atoms with Crippen LogP contribution in [0.1, 0.15) is 100 Å². The number of carbonyl (C=O) groups is 5. The lowest BCUT2D eigenvalue weighted by Crippen LogP contribution is -2.66. The number of nitrogens with zero attached hydrogens (tertiary/aromatic N) is 1. The van der Waals surface area contributed by atoms with Crippen LogP contribution in [-0.4, -0.2) is 154 Å². The third-order valence-corrected chi connectivity index (χ3v) is 11.6. The number of hydrogen-bond acceptors (Lipinski definition) is 17. The Bertz CT molecular complexity index is 1490. The molecule has 2 fully saturated rings. The fourth-order valence-electron chi connectivity index (χ4n) is 8.34. The predicted octanol–water partition coefficient (Wildman–Crippen LogP) is 3.99. The van der Waals surface area contributed by atoms with Gasteiger partial charge in [-0.15, -0.1) is 0 Å². The standard InChI is InChI=1S/C44H71NO16/c1-13-33(48)58-32-23-35(50)54-26(4)18-16-15-17-19-31(57-29(7)47)25(3)22-30(20-21-46)40(41(32)52-11)61-43-38(51)37(45(9)10)39(27(5)56-43)60-36-24-44(8,53-12)42(28(6)55-36)59-34(49)14-2/h15-17,19,21,25-28,30-32,36-43,51H,13-14,18,20,22-24H2,1-12H3/b16-15+,19-17+/t25-,26-,27-,28+,30?,31+,32?,36+,37-,38-,39-,40+,41+,42+,43+,44-/m1/s1. The van der Waals surface area contributed by atoms with Gasteiger partial charge in [-0.2, -0.15) is 0 Å². The molecule has 1 N–H and O–H groups in total. The molecular weight excluding hydrogens is 798 g/mol. The van der Waals surface area contributed by atoms with Gasteiger partial charge in [0.1, 0.15) is 48.5 Å². The Kier molecular flexibility index (Phi) is 20.9. The molecule has 0 aromatic carbocycles. The van der Waals surface area contributed by atoms with Gasteiger partial charge in [-0.1, -0.05) is 39.0 Å². The van der Waals surface area contributed by atoms with E-state index in [1.165, 1.54) is 21.1 Å². The zero-order valence-corrected chi connectivity index (χ0v) is 38.0. The largest absolute Gasteiger partial charge is 0.462 e. The smallest absolute Gasteiger partial charge is 0.309 e. The van der Waals surface area contributed by atoms with Crippen LogP contribution in [-0.2, 0) is 71.3 Å². The minimum Gasteiger partial charge on any atom is -0.462 e. The zero-order valence-electron chi connectivity index (χ0n) is 38.0. The quantitative estimate of drug-likeness (QED) is 0.149. The van der Waals surface area contributed by atoms with Crippen molar-refractivity contribution in [3.05, 3.63) is 24.3 Å². The minimum absolute atomic E-state index is 0.00860. The first-order valence-corrected chi connectivity index (χ1v) is 21.4. The number of aliphatic hydroxyl groups is 1. The summed E-state index contributed by atoms with van der Waals surface area (Å²) in [7, 11) is 6.45. The average molecular weight is 870 g/mol. The van der Waals surface area contributed by atoms with Crippen molar-refractivity contribution in [2.75, 3.05) is 28.3 Å². The predicted molar refractivity (Wildman–Crippen MR) is 220 cm³/mol. The summed E-state index contributed by atoms with van der Waals surface area (Å²) in [6.07, 6.45) is -3.04. The van der Waals surface area contributed by atoms with Crippen LogP contribution in [0.25, 0.3) is 0 Å². The molecule has 3 aliphatic rings. The maximum Gasteiger partial charge on any atom is 0.309 e. The Labute approximate surface area is 361 Å². The fraction of sp³-hybridized carbons (Fsp3) is 0.795. The molecule has 0 bridgehead atoms. The van der Waals surface area contributed by atoms with Gasteiger partial charge < -0.3 is 62.2 Å². The number of likely N-dealkylation sites (N-methyl/N-ethyl adjacent to an activating group) is 1. The number of aliphatic hydroxyl groups excluding tert-OH is 1. The van der Waals surface area contributed by atoms with Crippen LogP contribution in [0.2, 0.25) is 0 Å². The summed E-state index contributed by atoms with van der Waals surface area (Å²) in [5.74, 6) is -3.26. The van der Waals surface area contributed by atoms with Gasteiger partial charge in [-0.3, -0.25) is 19.2 Å². The topological polar surface area (TPSA) is 201 Å². The SMILES string of the molecule is CCC(=O)OC1CC(=O)O[C@H](C)C/C=C/C=C/[C@H](OC(C)=O)[C@H](C)CC(CC=O)[C@H](O[C@@H]2O[C@H](C)[C@@H](O[C@H]3C[C@@](C)(OC)[C@@H](OC(=O)CC)[C@H](C)O3)[C@H](N(C)C)[C@H]2O)[C@H]1OC. The molecule has 17 nitrogen and oxygen atoms in total. The Morgan fingerprint density at radius 3 is 2.20 bits per heavy atom. The summed E-state index contributed by atoms with van der Waals surface area (Å²) in [6.45, 7) is 13.6. The fourth-order valence-corrected chi connectivity index (χ4v) is 8.34. The minimum atomic E-state index is -1.39. The van der Waals surface area contributed by atoms with E-state index in [0.29, 0.717) is 6.42 Å². The van der Waals surface area contributed by atoms with E-state index >= 15 is 0 Å². The molecule has 16 atom stereocenters. The summed E-state index contributed by atoms with van der Waals surface area (Å²) in [5, 5.41) is 12.2. The number of hydrogen-bond donors (Lipinski definition) is 1. The monoisotopic (exact) mass is 869 g/mol. The Balaban J connectivity index is 2.07. The first kappa shape index (κ1) is 52.1. The van der Waals surface area contributed by atoms with Crippen LogP contribution >= 0.6 is 0 Å². The van der Waals surface area contributed by atoms with Gasteiger partial charge in [0, 0.05) is 53.2 Å². The molecule has 0 radical (unpaired) electrons. The van der Waals surface area contributed by atoms with Crippen molar-refractivity contribution in [1.82, 2.24) is 4.90 Å². The van der Waals surface area contributed by atoms with E-state index in [-0.39, 0.29) is 44.0 Å². The van der Waals surface area contributed by atoms with Gasteiger partial charge in [0.15, 0.2) is 18.7 Å². The number of allylic oxidation sites excluding steroid dienone is 2. The summed E-state index contributed by atoms with van der Waals surface area (Å²) in [6, 6.07) is -0.760. The Morgan fingerprint density at radius 2 is 1.61 bits per heavy atom. The zero-order chi connectivity index (χ0) is 45.6. The van der Waals surface area contributed by atoms with E-state index < -0.39 is 116 Å². The molecule has 2 saturated heterocycles. The number of ether oxygens (including phenoxy) is 10. The molecule has 61 heavy (non-hydrogen) atoms. The number of aldehydes is 1. The highest BCUT2D eigenvalue weighted by atomic mass is 16.7. The average Bonchev–Trinajstić information content (AvgIpc) is 3.19. The van der Waals surface area contributed by atoms with Crippen molar-refractivity contribution in [3.8, 4) is 0 Å². The van der Waals surface area contributed by atoms with E-state index in [1.807, 2.05) is 19.9 Å². The van der Waals surface area contributed by atoms with Gasteiger partial charge in [0.25, 0.3) is 0 Å². The Morgan fingerprint density at radius 1 is 0.934 bits per heavy atom. The number of methoxy groups -OCH3 is 2. The van der Waals surface area contributed by atoms with Crippen molar-refractivity contribution in [3.63, 3.8) is 0 Å². The lowest BCUT2D eigenvalue weighted by Gasteiger charge is -2.51. The Hall–Kier alpha value is -3.29. The number of carbonyl (C=O) groups excluding carboxylic acids is 5. The molecular formula is C44H71NO16. The lowest BCUT2D eigenvalue weighted by molar-refractivity contribution is -0.345. The summed E-state index contributed by atoms with van der Waals surface area (Å²) >= 11 is 0. The van der Waals surface area contributed by atoms with Crippen LogP contribution < -0.4 is 0 Å². The molecule has 0 spiro atoms. The summed E-state index contributed by atoms with van der Waals surface area (Å²) in [5.41, 5.74) is -0.961. The van der Waals surface area contributed by atoms with Crippen LogP contribution in [0, 0.1) is 11.8 Å². The summed E-state index contributed by atoms with van der Waals surface area (Å²) in [4.78, 5) is 65.2. The van der Waals surface area contributed by atoms with Crippen LogP contribution in [0.5, 0.6) is 0 Å². The molecule has 0 aromatic heterocycles. The van der Waals surface area contributed by atoms with Crippen molar-refractivity contribution in [2.45, 2.75) is 186 Å². The van der Waals surface area contributed by atoms with Crippen molar-refractivity contribution >= 4 is 30.2 Å². The molecule has 3 rings (SSSR count). The van der Waals surface area contributed by atoms with Crippen LogP contribution in [0.15, 0.2) is 24.3 Å². The van der Waals surface area contributed by atoms with Crippen molar-refractivity contribution in [2.24, 2.45) is 11.8 Å². The molecule has 17 heteroatoms. The third kappa shape index (κ3) is 14.6. The maximum atomic E-state index is 13.4. The lowest BCUT2D eigenvalue weighted by atomic mass is 9.82. The highest BCUT2D eigenvalue weighted by Crippen LogP contribution is 2.39. The second-order valence-electron chi connectivity index (χ2n) is 16.7. The molecule has 3 aliphatic heterocycles. The number of cyclic esters (lactones) is 1. The number of rotatable bonds is 14. The number of esters is 4. The van der Waals surface area contributed by atoms with Crippen LogP contribution in [0.3, 0.4) is 0 Å². The molecule has 3 heterocycles. The molecule has 348 valence electrons. The van der Waals surface area contributed by atoms with Gasteiger partial charge in [0.05, 0.1) is 30.8 Å². The second kappa shape index (κ2) is 24.5. The first-order chi connectivity index (χ1) is 28.8. The highest BCUT2D eigenvalue weighted by Gasteiger charge is 2.53. The van der Waals surface area contributed by atoms with Crippen molar-refractivity contribution in [1.29, 1.82) is 0 Å². The first-order valence-electron chi connectivity index (χ1n) is 21.4. The van der Waals surface area contributed by atoms with Gasteiger partial charge in [0.2, 0.25) is 0 Å². The normalized spacial score (nSPS) is 39.0.